The van der Waals surface area contributed by atoms with Crippen LogP contribution in [-0.4, -0.2) is 43.0 Å². The summed E-state index contributed by atoms with van der Waals surface area (Å²) in [5.41, 5.74) is 2.57. The number of amides is 1. The van der Waals surface area contributed by atoms with Gasteiger partial charge in [-0.05, 0) is 26.4 Å². The fourth-order valence-corrected chi connectivity index (χ4v) is 2.55. The van der Waals surface area contributed by atoms with E-state index in [-0.39, 0.29) is 11.3 Å². The minimum Gasteiger partial charge on any atom is -0.351 e. The lowest BCUT2D eigenvalue weighted by Crippen LogP contribution is -2.39. The molecular formula is C12H21N3OS. The van der Waals surface area contributed by atoms with Crippen LogP contribution in [0.3, 0.4) is 0 Å². The molecule has 1 N–H and O–H groups in total. The van der Waals surface area contributed by atoms with Crippen molar-refractivity contribution >= 4 is 17.2 Å². The maximum absolute atomic E-state index is 11.9. The Morgan fingerprint density at radius 2 is 2.18 bits per heavy atom. The number of nitrogens with zero attached hydrogens (tertiary/aromatic N) is 2. The highest BCUT2D eigenvalue weighted by Crippen LogP contribution is 2.16. The topological polar surface area (TPSA) is 45.2 Å². The van der Waals surface area contributed by atoms with Crippen molar-refractivity contribution in [1.29, 1.82) is 0 Å². The summed E-state index contributed by atoms with van der Waals surface area (Å²) in [6, 6.07) is 0. The molecule has 0 bridgehead atoms. The molecule has 0 unspecified atom stereocenters. The molecule has 1 aromatic rings. The van der Waals surface area contributed by atoms with Crippen molar-refractivity contribution < 1.29 is 4.79 Å². The van der Waals surface area contributed by atoms with Gasteiger partial charge in [0, 0.05) is 13.1 Å². The number of carbonyl (C=O) groups is 1. The summed E-state index contributed by atoms with van der Waals surface area (Å²) in [5, 5.41) is 2.98. The molecule has 17 heavy (non-hydrogen) atoms. The van der Waals surface area contributed by atoms with Gasteiger partial charge >= 0.3 is 0 Å². The average molecular weight is 255 g/mol. The predicted molar refractivity (Wildman–Crippen MR) is 71.5 cm³/mol. The van der Waals surface area contributed by atoms with E-state index < -0.39 is 0 Å². The Morgan fingerprint density at radius 3 is 2.65 bits per heavy atom. The average Bonchev–Trinajstić information content (AvgIpc) is 2.59. The van der Waals surface area contributed by atoms with Crippen LogP contribution in [0, 0.1) is 12.3 Å². The molecule has 0 aliphatic heterocycles. The highest BCUT2D eigenvalue weighted by atomic mass is 32.1. The number of aryl methyl sites for hydroxylation is 1. The largest absolute Gasteiger partial charge is 0.351 e. The van der Waals surface area contributed by atoms with Gasteiger partial charge in [-0.2, -0.15) is 0 Å². The van der Waals surface area contributed by atoms with Gasteiger partial charge in [0.15, 0.2) is 0 Å². The normalized spacial score (nSPS) is 11.9. The van der Waals surface area contributed by atoms with Crippen LogP contribution in [0.2, 0.25) is 0 Å². The van der Waals surface area contributed by atoms with Crippen LogP contribution in [-0.2, 0) is 0 Å². The van der Waals surface area contributed by atoms with Crippen molar-refractivity contribution in [2.45, 2.75) is 20.8 Å². The zero-order chi connectivity index (χ0) is 13.1. The third kappa shape index (κ3) is 4.44. The maximum atomic E-state index is 11.9. The highest BCUT2D eigenvalue weighted by Gasteiger charge is 2.21. The minimum absolute atomic E-state index is 0.0168. The van der Waals surface area contributed by atoms with Crippen LogP contribution < -0.4 is 5.32 Å². The van der Waals surface area contributed by atoms with Crippen molar-refractivity contribution in [2.24, 2.45) is 5.41 Å². The van der Waals surface area contributed by atoms with E-state index >= 15 is 0 Å². The van der Waals surface area contributed by atoms with Crippen molar-refractivity contribution in [3.05, 3.63) is 16.1 Å². The van der Waals surface area contributed by atoms with Crippen LogP contribution >= 0.6 is 11.3 Å². The number of hydrogen-bond donors (Lipinski definition) is 1. The van der Waals surface area contributed by atoms with Gasteiger partial charge in [-0.15, -0.1) is 11.3 Å². The van der Waals surface area contributed by atoms with Crippen molar-refractivity contribution in [2.75, 3.05) is 27.2 Å². The molecule has 1 aromatic heterocycles. The molecule has 0 saturated heterocycles. The van der Waals surface area contributed by atoms with Crippen LogP contribution in [0.5, 0.6) is 0 Å². The van der Waals surface area contributed by atoms with E-state index in [0.717, 1.165) is 12.2 Å². The van der Waals surface area contributed by atoms with Gasteiger partial charge in [0.1, 0.15) is 4.88 Å². The first-order valence-corrected chi connectivity index (χ1v) is 6.53. The number of nitrogens with one attached hydrogen (secondary N) is 1. The predicted octanol–water partition coefficient (Wildman–Crippen LogP) is 1.77. The zero-order valence-corrected chi connectivity index (χ0v) is 12.0. The molecule has 0 radical (unpaired) electrons. The van der Waals surface area contributed by atoms with Crippen LogP contribution in [0.4, 0.5) is 0 Å². The third-order valence-corrected chi connectivity index (χ3v) is 3.35. The molecule has 1 heterocycles. The number of rotatable bonds is 5. The second-order valence-corrected chi connectivity index (χ2v) is 6.21. The second kappa shape index (κ2) is 5.60. The Kier molecular flexibility index (Phi) is 4.65. The van der Waals surface area contributed by atoms with E-state index in [1.165, 1.54) is 11.3 Å². The summed E-state index contributed by atoms with van der Waals surface area (Å²) < 4.78 is 0. The molecule has 1 rings (SSSR count). The maximum Gasteiger partial charge on any atom is 0.263 e. The lowest BCUT2D eigenvalue weighted by molar-refractivity contribution is 0.0932. The lowest BCUT2D eigenvalue weighted by atomic mass is 9.93. The summed E-state index contributed by atoms with van der Waals surface area (Å²) in [4.78, 5) is 18.8. The number of aromatic nitrogens is 1. The van der Waals surface area contributed by atoms with Gasteiger partial charge in [-0.1, -0.05) is 13.8 Å². The summed E-state index contributed by atoms with van der Waals surface area (Å²) >= 11 is 1.39. The van der Waals surface area contributed by atoms with Gasteiger partial charge in [0.25, 0.3) is 5.91 Å². The molecule has 0 atom stereocenters. The molecule has 0 saturated carbocycles. The smallest absolute Gasteiger partial charge is 0.263 e. The second-order valence-electron chi connectivity index (χ2n) is 5.35. The van der Waals surface area contributed by atoms with Gasteiger partial charge in [-0.25, -0.2) is 4.98 Å². The van der Waals surface area contributed by atoms with Crippen molar-refractivity contribution in [1.82, 2.24) is 15.2 Å². The molecular weight excluding hydrogens is 234 g/mol. The van der Waals surface area contributed by atoms with Gasteiger partial charge in [-0.3, -0.25) is 4.79 Å². The Balaban J connectivity index is 2.51. The summed E-state index contributed by atoms with van der Waals surface area (Å²) in [6.07, 6.45) is 0. The fourth-order valence-electron chi connectivity index (χ4n) is 1.83. The van der Waals surface area contributed by atoms with Gasteiger partial charge in [0.2, 0.25) is 0 Å². The number of thiazole rings is 1. The molecule has 96 valence electrons. The van der Waals surface area contributed by atoms with Crippen molar-refractivity contribution in [3.8, 4) is 0 Å². The highest BCUT2D eigenvalue weighted by molar-refractivity contribution is 7.11. The summed E-state index contributed by atoms with van der Waals surface area (Å²) in [6.45, 7) is 7.76. The monoisotopic (exact) mass is 255 g/mol. The fraction of sp³-hybridized carbons (Fsp3) is 0.667. The molecule has 1 amide bonds. The first-order valence-electron chi connectivity index (χ1n) is 5.65. The van der Waals surface area contributed by atoms with Crippen LogP contribution in [0.1, 0.15) is 29.2 Å². The Morgan fingerprint density at radius 1 is 1.53 bits per heavy atom. The Bertz CT molecular complexity index is 385. The molecule has 0 fully saturated rings. The number of carbonyl (C=O) groups excluding carboxylic acids is 1. The first-order chi connectivity index (χ1) is 7.82. The lowest BCUT2D eigenvalue weighted by Gasteiger charge is -2.28. The van der Waals surface area contributed by atoms with Gasteiger partial charge in [0.05, 0.1) is 11.2 Å². The first kappa shape index (κ1) is 14.1. The molecule has 0 spiro atoms. The molecule has 4 nitrogen and oxygen atoms in total. The minimum atomic E-state index is -0.0168. The molecule has 5 heteroatoms. The quantitative estimate of drug-likeness (QED) is 0.872. The van der Waals surface area contributed by atoms with E-state index in [1.807, 2.05) is 21.0 Å². The summed E-state index contributed by atoms with van der Waals surface area (Å²) in [7, 11) is 4.08. The molecule has 0 aliphatic rings. The third-order valence-electron chi connectivity index (χ3n) is 2.42. The van der Waals surface area contributed by atoms with Crippen LogP contribution in [0.15, 0.2) is 5.51 Å². The SMILES string of the molecule is Cc1ncsc1C(=O)NCC(C)(C)CN(C)C. The Labute approximate surface area is 107 Å². The van der Waals surface area contributed by atoms with Gasteiger partial charge < -0.3 is 10.2 Å². The summed E-state index contributed by atoms with van der Waals surface area (Å²) in [5.74, 6) is -0.0168. The van der Waals surface area contributed by atoms with E-state index in [0.29, 0.717) is 11.4 Å². The van der Waals surface area contributed by atoms with E-state index in [1.54, 1.807) is 5.51 Å². The van der Waals surface area contributed by atoms with Crippen LogP contribution in [0.25, 0.3) is 0 Å². The van der Waals surface area contributed by atoms with E-state index in [9.17, 15) is 4.79 Å². The zero-order valence-electron chi connectivity index (χ0n) is 11.2. The van der Waals surface area contributed by atoms with E-state index in [2.05, 4.69) is 29.0 Å². The molecule has 0 aliphatic carbocycles. The van der Waals surface area contributed by atoms with Crippen molar-refractivity contribution in [3.63, 3.8) is 0 Å². The number of hydrogen-bond acceptors (Lipinski definition) is 4. The standard InChI is InChI=1S/C12H21N3OS/c1-9-10(17-8-14-9)11(16)13-6-12(2,3)7-15(4)5/h8H,6-7H2,1-5H3,(H,13,16). The van der Waals surface area contributed by atoms with E-state index in [4.69, 9.17) is 0 Å². The molecule has 0 aromatic carbocycles. The Hall–Kier alpha value is -0.940.